The number of nitrogens with one attached hydrogen (secondary N) is 1. The summed E-state index contributed by atoms with van der Waals surface area (Å²) in [6.07, 6.45) is 5.54. The molecule has 23 heavy (non-hydrogen) atoms. The Kier molecular flexibility index (Phi) is 3.74. The molecule has 0 saturated heterocycles. The van der Waals surface area contributed by atoms with E-state index in [2.05, 4.69) is 29.6 Å². The molecule has 1 aliphatic heterocycles. The number of hydrogen-bond donors (Lipinski definition) is 1. The molecule has 2 aromatic rings. The Morgan fingerprint density at radius 3 is 2.78 bits per heavy atom. The van der Waals surface area contributed by atoms with Gasteiger partial charge >= 0.3 is 0 Å². The van der Waals surface area contributed by atoms with Crippen molar-refractivity contribution in [2.24, 2.45) is 5.92 Å². The van der Waals surface area contributed by atoms with Crippen LogP contribution in [0, 0.1) is 5.92 Å². The lowest BCUT2D eigenvalue weighted by Crippen LogP contribution is -2.29. The van der Waals surface area contributed by atoms with Gasteiger partial charge in [0.15, 0.2) is 0 Å². The van der Waals surface area contributed by atoms with Crippen LogP contribution in [-0.2, 0) is 0 Å². The van der Waals surface area contributed by atoms with Gasteiger partial charge in [-0.3, -0.25) is 0 Å². The maximum atomic E-state index is 6.47. The summed E-state index contributed by atoms with van der Waals surface area (Å²) in [6.45, 7) is 0. The topological polar surface area (TPSA) is 21.3 Å². The third kappa shape index (κ3) is 2.41. The highest BCUT2D eigenvalue weighted by atomic mass is 35.5. The molecule has 2 aromatic carbocycles. The predicted molar refractivity (Wildman–Crippen MR) is 95.8 cm³/mol. The number of methoxy groups -OCH3 is 1. The van der Waals surface area contributed by atoms with Crippen LogP contribution < -0.4 is 10.1 Å². The van der Waals surface area contributed by atoms with Gasteiger partial charge in [0, 0.05) is 16.5 Å². The summed E-state index contributed by atoms with van der Waals surface area (Å²) in [4.78, 5) is 0. The fourth-order valence-corrected chi connectivity index (χ4v) is 4.30. The van der Waals surface area contributed by atoms with E-state index in [0.717, 1.165) is 33.5 Å². The summed E-state index contributed by atoms with van der Waals surface area (Å²) < 4.78 is 5.38. The highest BCUT2D eigenvalue weighted by molar-refractivity contribution is 6.36. The van der Waals surface area contributed by atoms with Crippen molar-refractivity contribution < 1.29 is 4.74 Å². The van der Waals surface area contributed by atoms with E-state index in [0.29, 0.717) is 11.8 Å². The number of ether oxygens (including phenoxy) is 1. The minimum atomic E-state index is 0.188. The van der Waals surface area contributed by atoms with E-state index in [-0.39, 0.29) is 6.04 Å². The van der Waals surface area contributed by atoms with Gasteiger partial charge in [0.25, 0.3) is 0 Å². The van der Waals surface area contributed by atoms with E-state index >= 15 is 0 Å². The number of benzene rings is 2. The number of anilines is 1. The first-order valence-corrected chi connectivity index (χ1v) is 8.49. The molecule has 1 aliphatic carbocycles. The van der Waals surface area contributed by atoms with Crippen LogP contribution in [0.15, 0.2) is 48.6 Å². The number of halogens is 2. The van der Waals surface area contributed by atoms with Crippen molar-refractivity contribution in [3.05, 3.63) is 69.7 Å². The van der Waals surface area contributed by atoms with Crippen molar-refractivity contribution >= 4 is 28.9 Å². The van der Waals surface area contributed by atoms with Gasteiger partial charge in [0.1, 0.15) is 5.75 Å². The molecule has 4 rings (SSSR count). The van der Waals surface area contributed by atoms with Gasteiger partial charge < -0.3 is 10.1 Å². The van der Waals surface area contributed by atoms with E-state index in [9.17, 15) is 0 Å². The Labute approximate surface area is 146 Å². The van der Waals surface area contributed by atoms with E-state index in [1.54, 1.807) is 7.11 Å². The predicted octanol–water partition coefficient (Wildman–Crippen LogP) is 5.83. The minimum absolute atomic E-state index is 0.188. The molecule has 0 saturated carbocycles. The van der Waals surface area contributed by atoms with Crippen LogP contribution in [0.1, 0.15) is 29.5 Å². The van der Waals surface area contributed by atoms with Crippen LogP contribution in [0.2, 0.25) is 10.0 Å². The monoisotopic (exact) mass is 345 g/mol. The number of rotatable bonds is 2. The number of hydrogen-bond acceptors (Lipinski definition) is 2. The summed E-state index contributed by atoms with van der Waals surface area (Å²) in [5.74, 6) is 1.61. The first kappa shape index (κ1) is 14.9. The molecule has 4 heteroatoms. The van der Waals surface area contributed by atoms with Gasteiger partial charge in [-0.25, -0.2) is 0 Å². The lowest BCUT2D eigenvalue weighted by Gasteiger charge is -2.38. The average Bonchev–Trinajstić information content (AvgIpc) is 3.06. The van der Waals surface area contributed by atoms with Crippen molar-refractivity contribution in [2.45, 2.75) is 18.4 Å². The average molecular weight is 346 g/mol. The molecule has 0 aromatic heterocycles. The smallest absolute Gasteiger partial charge is 0.119 e. The summed E-state index contributed by atoms with van der Waals surface area (Å²) in [5, 5.41) is 5.13. The largest absolute Gasteiger partial charge is 0.497 e. The molecule has 3 unspecified atom stereocenters. The zero-order valence-electron chi connectivity index (χ0n) is 12.7. The molecule has 0 bridgehead atoms. The van der Waals surface area contributed by atoms with Crippen molar-refractivity contribution in [1.82, 2.24) is 0 Å². The van der Waals surface area contributed by atoms with Gasteiger partial charge in [-0.15, -0.1) is 0 Å². The molecule has 0 amide bonds. The summed E-state index contributed by atoms with van der Waals surface area (Å²) >= 11 is 12.9. The van der Waals surface area contributed by atoms with Gasteiger partial charge in [-0.2, -0.15) is 0 Å². The molecule has 0 radical (unpaired) electrons. The summed E-state index contributed by atoms with van der Waals surface area (Å²) in [5.41, 5.74) is 3.29. The second-order valence-corrected chi connectivity index (χ2v) is 6.88. The molecular weight excluding hydrogens is 329 g/mol. The molecule has 0 fully saturated rings. The molecule has 3 atom stereocenters. The summed E-state index contributed by atoms with van der Waals surface area (Å²) in [7, 11) is 1.69. The third-order valence-corrected chi connectivity index (χ3v) is 5.51. The normalized spacial score (nSPS) is 24.7. The maximum absolute atomic E-state index is 6.47. The van der Waals surface area contributed by atoms with Crippen molar-refractivity contribution in [3.63, 3.8) is 0 Å². The Hall–Kier alpha value is -1.64. The highest BCUT2D eigenvalue weighted by Gasteiger charge is 2.39. The van der Waals surface area contributed by atoms with Crippen LogP contribution in [0.4, 0.5) is 5.69 Å². The van der Waals surface area contributed by atoms with Gasteiger partial charge in [-0.1, -0.05) is 47.5 Å². The van der Waals surface area contributed by atoms with Crippen molar-refractivity contribution in [1.29, 1.82) is 0 Å². The Morgan fingerprint density at radius 1 is 1.13 bits per heavy atom. The van der Waals surface area contributed by atoms with Crippen molar-refractivity contribution in [2.75, 3.05) is 12.4 Å². The van der Waals surface area contributed by atoms with Gasteiger partial charge in [0.2, 0.25) is 0 Å². The van der Waals surface area contributed by atoms with Crippen molar-refractivity contribution in [3.8, 4) is 5.75 Å². The highest BCUT2D eigenvalue weighted by Crippen LogP contribution is 2.53. The summed E-state index contributed by atoms with van der Waals surface area (Å²) in [6, 6.07) is 12.2. The molecule has 0 spiro atoms. The lowest BCUT2D eigenvalue weighted by molar-refractivity contribution is 0.406. The van der Waals surface area contributed by atoms with Gasteiger partial charge in [-0.05, 0) is 42.2 Å². The van der Waals surface area contributed by atoms with Crippen LogP contribution >= 0.6 is 23.2 Å². The first-order chi connectivity index (χ1) is 11.2. The standard InChI is InChI=1S/C19H17Cl2NO/c1-23-12-5-2-4-11(10-12)18-14-7-3-6-13(14)17-15(20)8-9-16(21)19(17)22-18/h2-6,8-10,13-14,18,22H,7H2,1H3. The van der Waals surface area contributed by atoms with E-state index in [1.165, 1.54) is 5.56 Å². The minimum Gasteiger partial charge on any atom is -0.497 e. The van der Waals surface area contributed by atoms with Crippen LogP contribution in [-0.4, -0.2) is 7.11 Å². The zero-order valence-corrected chi connectivity index (χ0v) is 14.2. The Morgan fingerprint density at radius 2 is 1.96 bits per heavy atom. The maximum Gasteiger partial charge on any atom is 0.119 e. The third-order valence-electron chi connectivity index (χ3n) is 4.87. The van der Waals surface area contributed by atoms with Gasteiger partial charge in [0.05, 0.1) is 23.9 Å². The van der Waals surface area contributed by atoms with Crippen LogP contribution in [0.25, 0.3) is 0 Å². The zero-order chi connectivity index (χ0) is 16.0. The SMILES string of the molecule is COc1cccc(C2Nc3c(Cl)ccc(Cl)c3C3C=CCC32)c1. The first-order valence-electron chi connectivity index (χ1n) is 7.74. The van der Waals surface area contributed by atoms with Crippen LogP contribution in [0.3, 0.4) is 0 Å². The molecule has 2 nitrogen and oxygen atoms in total. The molecule has 2 aliphatic rings. The molecule has 118 valence electrons. The second kappa shape index (κ2) is 5.77. The molecule has 1 heterocycles. The van der Waals surface area contributed by atoms with E-state index < -0.39 is 0 Å². The quantitative estimate of drug-likeness (QED) is 0.691. The van der Waals surface area contributed by atoms with E-state index in [4.69, 9.17) is 27.9 Å². The fraction of sp³-hybridized carbons (Fsp3) is 0.263. The lowest BCUT2D eigenvalue weighted by atomic mass is 9.77. The van der Waals surface area contributed by atoms with E-state index in [1.807, 2.05) is 24.3 Å². The Bertz CT molecular complexity index is 787. The van der Waals surface area contributed by atoms with Crippen LogP contribution in [0.5, 0.6) is 5.75 Å². The Balaban J connectivity index is 1.83. The number of fused-ring (bicyclic) bond motifs is 3. The molecule has 1 N–H and O–H groups in total. The molecular formula is C19H17Cl2NO. The second-order valence-electron chi connectivity index (χ2n) is 6.07. The number of allylic oxidation sites excluding steroid dienone is 2. The fourth-order valence-electron chi connectivity index (χ4n) is 3.79.